The smallest absolute Gasteiger partial charge is 1.00 e. The Bertz CT molecular complexity index is 148. The quantitative estimate of drug-likeness (QED) is 0.339. The van der Waals surface area contributed by atoms with Gasteiger partial charge >= 0.3 is 117 Å². The van der Waals surface area contributed by atoms with Crippen LogP contribution >= 0.6 is 7.82 Å². The van der Waals surface area contributed by atoms with E-state index in [2.05, 4.69) is 4.52 Å². The Morgan fingerprint density at radius 2 is 1.80 bits per heavy atom. The van der Waals surface area contributed by atoms with E-state index in [-0.39, 0.29) is 106 Å². The van der Waals surface area contributed by atoms with E-state index >= 15 is 0 Å². The van der Waals surface area contributed by atoms with Crippen LogP contribution in [0, 0.1) is 0 Å². The van der Waals surface area contributed by atoms with Gasteiger partial charge in [0, 0.05) is 6.92 Å². The zero-order valence-corrected chi connectivity index (χ0v) is 13.2. The minimum Gasteiger partial charge on any atom is -1.00 e. The van der Waals surface area contributed by atoms with Gasteiger partial charge in [0.2, 0.25) is 0 Å². The molecule has 2 N–H and O–H groups in total. The second-order valence-electron chi connectivity index (χ2n) is 1.07. The first-order chi connectivity index (χ1) is 3.42. The molecule has 0 rings (SSSR count). The van der Waals surface area contributed by atoms with Gasteiger partial charge in [-0.25, -0.2) is 4.57 Å². The van der Waals surface area contributed by atoms with E-state index < -0.39 is 13.8 Å². The molecule has 8 heteroatoms. The molecule has 0 atom stereocenters. The normalized spacial score (nSPS) is 8.70. The van der Waals surface area contributed by atoms with Gasteiger partial charge in [-0.3, -0.25) is 14.6 Å². The number of hydrogen-bond acceptors (Lipinski definition) is 3. The fraction of sp³-hybridized carbons (Fsp3) is 0.500. The third-order valence-corrected chi connectivity index (χ3v) is 0.742. The zero-order valence-electron chi connectivity index (χ0n) is 8.07. The van der Waals surface area contributed by atoms with Gasteiger partial charge in [-0.1, -0.05) is 0 Å². The molecule has 10 heavy (non-hydrogen) atoms. The van der Waals surface area contributed by atoms with Crippen molar-refractivity contribution in [2.75, 3.05) is 0 Å². The molecule has 0 spiro atoms. The molecule has 0 aliphatic heterocycles. The summed E-state index contributed by atoms with van der Waals surface area (Å²) in [5.74, 6) is -0.988. The van der Waals surface area contributed by atoms with E-state index in [1.54, 1.807) is 0 Å². The van der Waals surface area contributed by atoms with Gasteiger partial charge in [0.1, 0.15) is 0 Å². The Kier molecular flexibility index (Phi) is 15.8. The fourth-order valence-corrected chi connectivity index (χ4v) is 0.502. The molecule has 0 aliphatic rings. The van der Waals surface area contributed by atoms with Crippen LogP contribution in [0.4, 0.5) is 0 Å². The standard InChI is InChI=1S/C2H5O5P.2K.2H/c1-2(3)7-8(4,5)6;;;;/h1H3,(H2,4,5,6);;;;/q;2*+1;2*-1. The van der Waals surface area contributed by atoms with E-state index in [4.69, 9.17) is 9.79 Å². The Morgan fingerprint density at radius 1 is 1.50 bits per heavy atom. The number of carbonyl (C=O) groups excluding carboxylic acids is 1. The first-order valence-corrected chi connectivity index (χ1v) is 3.20. The molecule has 0 saturated heterocycles. The summed E-state index contributed by atoms with van der Waals surface area (Å²) in [7, 11) is -4.57. The molecule has 0 aromatic heterocycles. The molecule has 0 radical (unpaired) electrons. The number of phosphoric ester groups is 1. The van der Waals surface area contributed by atoms with Gasteiger partial charge in [-0.15, -0.1) is 0 Å². The minimum atomic E-state index is -4.57. The molecule has 0 heterocycles. The predicted molar refractivity (Wildman–Crippen MR) is 26.0 cm³/mol. The van der Waals surface area contributed by atoms with Gasteiger partial charge < -0.3 is 7.38 Å². The number of phosphoric acid groups is 1. The first-order valence-electron chi connectivity index (χ1n) is 1.67. The molecule has 52 valence electrons. The van der Waals surface area contributed by atoms with E-state index in [0.29, 0.717) is 0 Å². The number of hydrogen-bond donors (Lipinski definition) is 2. The van der Waals surface area contributed by atoms with Crippen LogP contribution in [0.5, 0.6) is 0 Å². The predicted octanol–water partition coefficient (Wildman–Crippen LogP) is -6.12. The summed E-state index contributed by atoms with van der Waals surface area (Å²) in [5.41, 5.74) is 0. The summed E-state index contributed by atoms with van der Waals surface area (Å²) in [6.45, 7) is 0.916. The monoisotopic (exact) mass is 220 g/mol. The summed E-state index contributed by atoms with van der Waals surface area (Å²) in [4.78, 5) is 25.5. The molecule has 0 aromatic carbocycles. The molecule has 5 nitrogen and oxygen atoms in total. The molecule has 0 aromatic rings. The van der Waals surface area contributed by atoms with Crippen LogP contribution in [0.1, 0.15) is 9.78 Å². The number of rotatable bonds is 1. The zero-order chi connectivity index (χ0) is 6.78. The SMILES string of the molecule is CC(=O)OP(=O)(O)O.[H-].[H-].[K+].[K+]. The second-order valence-corrected chi connectivity index (χ2v) is 2.24. The van der Waals surface area contributed by atoms with Crippen molar-refractivity contribution in [1.82, 2.24) is 0 Å². The van der Waals surface area contributed by atoms with Crippen LogP contribution < -0.4 is 103 Å². The van der Waals surface area contributed by atoms with E-state index in [1.807, 2.05) is 0 Å². The van der Waals surface area contributed by atoms with E-state index in [1.165, 1.54) is 0 Å². The first kappa shape index (κ1) is 18.6. The van der Waals surface area contributed by atoms with Crippen molar-refractivity contribution in [3.8, 4) is 0 Å². The molecule has 0 aliphatic carbocycles. The van der Waals surface area contributed by atoms with Gasteiger partial charge in [0.25, 0.3) is 0 Å². The van der Waals surface area contributed by atoms with Crippen LogP contribution in [0.15, 0.2) is 0 Å². The Labute approximate surface area is 146 Å². The number of carbonyl (C=O) groups is 1. The van der Waals surface area contributed by atoms with Gasteiger partial charge in [-0.05, 0) is 0 Å². The van der Waals surface area contributed by atoms with Crippen molar-refractivity contribution in [2.45, 2.75) is 6.92 Å². The minimum absolute atomic E-state index is 0. The Hall–Kier alpha value is 2.89. The van der Waals surface area contributed by atoms with Gasteiger partial charge in [0.05, 0.1) is 0 Å². The van der Waals surface area contributed by atoms with Gasteiger partial charge in [-0.2, -0.15) is 0 Å². The van der Waals surface area contributed by atoms with Crippen LogP contribution in [0.2, 0.25) is 0 Å². The van der Waals surface area contributed by atoms with Gasteiger partial charge in [0.15, 0.2) is 0 Å². The maximum atomic E-state index is 9.74. The van der Waals surface area contributed by atoms with Crippen LogP contribution in [0.3, 0.4) is 0 Å². The fourth-order valence-electron chi connectivity index (χ4n) is 0.167. The van der Waals surface area contributed by atoms with Crippen molar-refractivity contribution in [2.24, 2.45) is 0 Å². The molecule has 0 saturated carbocycles. The summed E-state index contributed by atoms with van der Waals surface area (Å²) in [5, 5.41) is 0. The molecular weight excluding hydrogens is 213 g/mol. The molecule has 0 unspecified atom stereocenters. The summed E-state index contributed by atoms with van der Waals surface area (Å²) in [6, 6.07) is 0. The summed E-state index contributed by atoms with van der Waals surface area (Å²) in [6.07, 6.45) is 0. The molecule has 0 fully saturated rings. The van der Waals surface area contributed by atoms with Crippen molar-refractivity contribution in [3.63, 3.8) is 0 Å². The van der Waals surface area contributed by atoms with E-state index in [9.17, 15) is 9.36 Å². The maximum absolute atomic E-state index is 9.74. The van der Waals surface area contributed by atoms with E-state index in [0.717, 1.165) is 6.92 Å². The third-order valence-electron chi connectivity index (χ3n) is 0.247. The third kappa shape index (κ3) is 17.1. The van der Waals surface area contributed by atoms with Crippen LogP contribution in [-0.4, -0.2) is 15.8 Å². The average molecular weight is 220 g/mol. The topological polar surface area (TPSA) is 83.8 Å². The van der Waals surface area contributed by atoms with Crippen molar-refractivity contribution >= 4 is 13.8 Å². The van der Waals surface area contributed by atoms with Crippen molar-refractivity contribution in [3.05, 3.63) is 0 Å². The van der Waals surface area contributed by atoms with Crippen LogP contribution in [-0.2, 0) is 13.9 Å². The van der Waals surface area contributed by atoms with Crippen molar-refractivity contribution in [1.29, 1.82) is 0 Å². The summed E-state index contributed by atoms with van der Waals surface area (Å²) >= 11 is 0. The van der Waals surface area contributed by atoms with Crippen LogP contribution in [0.25, 0.3) is 0 Å². The van der Waals surface area contributed by atoms with Crippen molar-refractivity contribution < 1.29 is 129 Å². The molecule has 0 bridgehead atoms. The largest absolute Gasteiger partial charge is 1.00 e. The molecule has 0 amide bonds. The Morgan fingerprint density at radius 3 is 1.80 bits per heavy atom. The molecular formula is C2H7K2O5P. The second kappa shape index (κ2) is 8.49. The summed E-state index contributed by atoms with van der Waals surface area (Å²) < 4.78 is 13.2. The average Bonchev–Trinajstić information content (AvgIpc) is 1.21. The maximum Gasteiger partial charge on any atom is 1.00 e. The Balaban J connectivity index is -0.0000000408.